The number of esters is 1. The number of alkyl halides is 1. The van der Waals surface area contributed by atoms with Crippen LogP contribution in [-0.4, -0.2) is 24.8 Å². The fourth-order valence-electron chi connectivity index (χ4n) is 1.90. The highest BCUT2D eigenvalue weighted by atomic mass is 35.5. The second-order valence-corrected chi connectivity index (χ2v) is 4.80. The van der Waals surface area contributed by atoms with E-state index in [1.165, 1.54) is 13.1 Å². The molecule has 0 aliphatic carbocycles. The van der Waals surface area contributed by atoms with E-state index in [4.69, 9.17) is 21.1 Å². The van der Waals surface area contributed by atoms with Gasteiger partial charge in [0.1, 0.15) is 16.7 Å². The molecule has 0 N–H and O–H groups in total. The van der Waals surface area contributed by atoms with Gasteiger partial charge < -0.3 is 9.47 Å². The summed E-state index contributed by atoms with van der Waals surface area (Å²) in [6.07, 6.45) is 0.925. The Balaban J connectivity index is 2.38. The maximum absolute atomic E-state index is 11.0. The third-order valence-electron chi connectivity index (χ3n) is 2.89. The Bertz CT molecular complexity index is 558. The minimum Gasteiger partial charge on any atom is -0.462 e. The summed E-state index contributed by atoms with van der Waals surface area (Å²) >= 11 is 6.47. The number of carbonyl (C=O) groups excluding carboxylic acids is 2. The Morgan fingerprint density at radius 3 is 2.89 bits per heavy atom. The standard InChI is InChI=1S/C13H12ClNO4/c1-8(18-7-16)13(14)6-15-12-4-3-10(5-11(12)13)19-9(2)17/h3-8H,1-2H3. The first-order valence-electron chi connectivity index (χ1n) is 5.63. The van der Waals surface area contributed by atoms with Crippen LogP contribution in [-0.2, 0) is 19.2 Å². The number of aliphatic imine (C=N–C) groups is 1. The monoisotopic (exact) mass is 281 g/mol. The van der Waals surface area contributed by atoms with Gasteiger partial charge in [0.2, 0.25) is 0 Å². The normalized spacial score (nSPS) is 21.6. The van der Waals surface area contributed by atoms with Crippen LogP contribution < -0.4 is 4.74 Å². The first-order chi connectivity index (χ1) is 8.97. The number of nitrogens with zero attached hydrogens (tertiary/aromatic N) is 1. The molecule has 0 fully saturated rings. The second-order valence-electron chi connectivity index (χ2n) is 4.17. The largest absolute Gasteiger partial charge is 0.462 e. The summed E-state index contributed by atoms with van der Waals surface area (Å²) in [5.74, 6) is -0.0451. The van der Waals surface area contributed by atoms with Gasteiger partial charge in [-0.05, 0) is 25.1 Å². The highest BCUT2D eigenvalue weighted by Crippen LogP contribution is 2.44. The molecule has 0 amide bonds. The Kier molecular flexibility index (Phi) is 3.57. The number of halogens is 1. The lowest BCUT2D eigenvalue weighted by molar-refractivity contribution is -0.133. The van der Waals surface area contributed by atoms with E-state index in [-0.39, 0.29) is 0 Å². The molecule has 1 aliphatic rings. The lowest BCUT2D eigenvalue weighted by Crippen LogP contribution is -2.33. The number of ether oxygens (including phenoxy) is 2. The van der Waals surface area contributed by atoms with Gasteiger partial charge in [-0.3, -0.25) is 14.6 Å². The lowest BCUT2D eigenvalue weighted by atomic mass is 9.95. The summed E-state index contributed by atoms with van der Waals surface area (Å²) in [4.78, 5) is 24.5. The van der Waals surface area contributed by atoms with Gasteiger partial charge >= 0.3 is 5.97 Å². The smallest absolute Gasteiger partial charge is 0.308 e. The SMILES string of the molecule is CC(=O)Oc1ccc2c(c1)C(Cl)(C(C)OC=O)C=N2. The highest BCUT2D eigenvalue weighted by Gasteiger charge is 2.41. The van der Waals surface area contributed by atoms with Gasteiger partial charge in [0, 0.05) is 18.7 Å². The summed E-state index contributed by atoms with van der Waals surface area (Å²) in [6, 6.07) is 4.95. The second kappa shape index (κ2) is 5.01. The molecule has 2 rings (SSSR count). The summed E-state index contributed by atoms with van der Waals surface area (Å²) in [7, 11) is 0. The van der Waals surface area contributed by atoms with E-state index >= 15 is 0 Å². The maximum Gasteiger partial charge on any atom is 0.308 e. The molecule has 1 aliphatic heterocycles. The number of benzene rings is 1. The molecule has 5 nitrogen and oxygen atoms in total. The Hall–Kier alpha value is -1.88. The molecule has 0 saturated heterocycles. The van der Waals surface area contributed by atoms with Crippen molar-refractivity contribution in [3.63, 3.8) is 0 Å². The molecular formula is C13H12ClNO4. The fourth-order valence-corrected chi connectivity index (χ4v) is 2.16. The van der Waals surface area contributed by atoms with Gasteiger partial charge in [0.15, 0.2) is 0 Å². The zero-order valence-electron chi connectivity index (χ0n) is 10.4. The van der Waals surface area contributed by atoms with Crippen molar-refractivity contribution in [2.45, 2.75) is 24.8 Å². The van der Waals surface area contributed by atoms with E-state index < -0.39 is 16.9 Å². The quantitative estimate of drug-likeness (QED) is 0.368. The number of hydrogen-bond donors (Lipinski definition) is 0. The van der Waals surface area contributed by atoms with Crippen molar-refractivity contribution in [3.05, 3.63) is 23.8 Å². The fraction of sp³-hybridized carbons (Fsp3) is 0.308. The van der Waals surface area contributed by atoms with Crippen molar-refractivity contribution in [2.75, 3.05) is 0 Å². The van der Waals surface area contributed by atoms with Crippen LogP contribution >= 0.6 is 11.6 Å². The zero-order chi connectivity index (χ0) is 14.0. The van der Waals surface area contributed by atoms with Crippen molar-refractivity contribution >= 4 is 35.9 Å². The van der Waals surface area contributed by atoms with Crippen molar-refractivity contribution < 1.29 is 19.1 Å². The van der Waals surface area contributed by atoms with Crippen LogP contribution in [0.4, 0.5) is 5.69 Å². The molecule has 0 aromatic heterocycles. The first-order valence-corrected chi connectivity index (χ1v) is 6.01. The molecule has 0 spiro atoms. The van der Waals surface area contributed by atoms with Gasteiger partial charge in [-0.2, -0.15) is 0 Å². The zero-order valence-corrected chi connectivity index (χ0v) is 11.2. The van der Waals surface area contributed by atoms with Crippen LogP contribution in [0.5, 0.6) is 5.75 Å². The van der Waals surface area contributed by atoms with Gasteiger partial charge in [-0.15, -0.1) is 11.6 Å². The van der Waals surface area contributed by atoms with Gasteiger partial charge in [-0.1, -0.05) is 0 Å². The minimum atomic E-state index is -1.05. The third kappa shape index (κ3) is 2.46. The third-order valence-corrected chi connectivity index (χ3v) is 3.49. The molecule has 0 saturated carbocycles. The van der Waals surface area contributed by atoms with Crippen LogP contribution in [0, 0.1) is 0 Å². The molecular weight excluding hydrogens is 270 g/mol. The van der Waals surface area contributed by atoms with Crippen LogP contribution in [0.1, 0.15) is 19.4 Å². The highest BCUT2D eigenvalue weighted by molar-refractivity contribution is 6.34. The molecule has 0 radical (unpaired) electrons. The summed E-state index contributed by atoms with van der Waals surface area (Å²) < 4.78 is 9.90. The Morgan fingerprint density at radius 2 is 2.26 bits per heavy atom. The van der Waals surface area contributed by atoms with E-state index in [0.29, 0.717) is 23.5 Å². The van der Waals surface area contributed by atoms with E-state index in [1.54, 1.807) is 25.1 Å². The average Bonchev–Trinajstić information content (AvgIpc) is 2.68. The van der Waals surface area contributed by atoms with E-state index in [1.807, 2.05) is 0 Å². The molecule has 100 valence electrons. The van der Waals surface area contributed by atoms with E-state index in [0.717, 1.165) is 0 Å². The van der Waals surface area contributed by atoms with Crippen LogP contribution in [0.3, 0.4) is 0 Å². The molecule has 6 heteroatoms. The molecule has 0 bridgehead atoms. The van der Waals surface area contributed by atoms with E-state index in [9.17, 15) is 9.59 Å². The van der Waals surface area contributed by atoms with Crippen molar-refractivity contribution in [2.24, 2.45) is 4.99 Å². The lowest BCUT2D eigenvalue weighted by Gasteiger charge is -2.25. The molecule has 19 heavy (non-hydrogen) atoms. The summed E-state index contributed by atoms with van der Waals surface area (Å²) in [6.45, 7) is 3.33. The first kappa shape index (κ1) is 13.5. The van der Waals surface area contributed by atoms with E-state index in [2.05, 4.69) is 4.99 Å². The van der Waals surface area contributed by atoms with Crippen LogP contribution in [0.15, 0.2) is 23.2 Å². The summed E-state index contributed by atoms with van der Waals surface area (Å²) in [5, 5.41) is 0. The van der Waals surface area contributed by atoms with Gasteiger partial charge in [-0.25, -0.2) is 0 Å². The van der Waals surface area contributed by atoms with Crippen molar-refractivity contribution in [3.8, 4) is 5.75 Å². The van der Waals surface area contributed by atoms with Crippen LogP contribution in [0.25, 0.3) is 0 Å². The molecule has 2 atom stereocenters. The number of fused-ring (bicyclic) bond motifs is 1. The number of carbonyl (C=O) groups is 2. The predicted octanol–water partition coefficient (Wildman–Crippen LogP) is 2.32. The predicted molar refractivity (Wildman–Crippen MR) is 70.0 cm³/mol. The molecule has 1 aromatic rings. The minimum absolute atomic E-state index is 0.344. The van der Waals surface area contributed by atoms with Crippen LogP contribution in [0.2, 0.25) is 0 Å². The molecule has 2 unspecified atom stereocenters. The van der Waals surface area contributed by atoms with Gasteiger partial charge in [0.05, 0.1) is 5.69 Å². The molecule has 1 aromatic carbocycles. The Morgan fingerprint density at radius 1 is 1.53 bits per heavy atom. The topological polar surface area (TPSA) is 65.0 Å². The van der Waals surface area contributed by atoms with Crippen molar-refractivity contribution in [1.82, 2.24) is 0 Å². The molecule has 1 heterocycles. The summed E-state index contributed by atoms with van der Waals surface area (Å²) in [5.41, 5.74) is 1.30. The number of rotatable bonds is 4. The van der Waals surface area contributed by atoms with Crippen molar-refractivity contribution in [1.29, 1.82) is 0 Å². The number of hydrogen-bond acceptors (Lipinski definition) is 5. The average molecular weight is 282 g/mol. The van der Waals surface area contributed by atoms with Gasteiger partial charge in [0.25, 0.3) is 6.47 Å². The Labute approximate surface area is 115 Å². The maximum atomic E-state index is 11.0.